The van der Waals surface area contributed by atoms with E-state index < -0.39 is 9.04 Å². The third kappa shape index (κ3) is 5.92. The molecule has 0 aliphatic carbocycles. The van der Waals surface area contributed by atoms with Crippen LogP contribution in [-0.2, 0) is 4.80 Å². The van der Waals surface area contributed by atoms with E-state index in [1.54, 1.807) is 6.55 Å². The van der Waals surface area contributed by atoms with Crippen LogP contribution >= 0.6 is 0 Å². The molecule has 1 unspecified atom stereocenters. The second kappa shape index (κ2) is 4.09. The standard InChI is InChI=1S/C5H11OSi/c1-3-4-5-7(2)6/h3-4,7H,5H2,1-2H3. The van der Waals surface area contributed by atoms with Gasteiger partial charge in [-0.1, -0.05) is 12.2 Å². The summed E-state index contributed by atoms with van der Waals surface area (Å²) in [6.45, 7) is 3.75. The topological polar surface area (TPSA) is 19.9 Å². The molecule has 0 saturated heterocycles. The third-order valence-electron chi connectivity index (χ3n) is 0.704. The van der Waals surface area contributed by atoms with Crippen molar-refractivity contribution in [1.29, 1.82) is 0 Å². The summed E-state index contributed by atoms with van der Waals surface area (Å²) in [5, 5.41) is 0. The Morgan fingerprint density at radius 2 is 2.29 bits per heavy atom. The summed E-state index contributed by atoms with van der Waals surface area (Å²) < 4.78 is 0. The molecule has 0 aromatic heterocycles. The molecule has 0 N–H and O–H groups in total. The van der Waals surface area contributed by atoms with E-state index >= 15 is 0 Å². The first kappa shape index (κ1) is 6.92. The third-order valence-corrected chi connectivity index (χ3v) is 1.64. The summed E-state index contributed by atoms with van der Waals surface area (Å²) in [5.41, 5.74) is 0. The van der Waals surface area contributed by atoms with Gasteiger partial charge >= 0.3 is 0 Å². The van der Waals surface area contributed by atoms with Crippen molar-refractivity contribution in [2.75, 3.05) is 0 Å². The van der Waals surface area contributed by atoms with Crippen molar-refractivity contribution in [3.8, 4) is 0 Å². The van der Waals surface area contributed by atoms with Crippen molar-refractivity contribution >= 4 is 9.04 Å². The molecule has 0 aliphatic rings. The molecule has 0 heterocycles. The van der Waals surface area contributed by atoms with Crippen LogP contribution < -0.4 is 0 Å². The van der Waals surface area contributed by atoms with Gasteiger partial charge in [0.25, 0.3) is 0 Å². The van der Waals surface area contributed by atoms with Crippen molar-refractivity contribution in [1.82, 2.24) is 0 Å². The zero-order valence-corrected chi connectivity index (χ0v) is 6.00. The summed E-state index contributed by atoms with van der Waals surface area (Å²) in [6.07, 6.45) is 3.88. The molecule has 1 nitrogen and oxygen atoms in total. The van der Waals surface area contributed by atoms with Gasteiger partial charge in [-0.15, -0.1) is 0 Å². The maximum absolute atomic E-state index is 10.4. The molecule has 0 saturated carbocycles. The van der Waals surface area contributed by atoms with Gasteiger partial charge in [0.15, 0.2) is 0 Å². The lowest BCUT2D eigenvalue weighted by molar-refractivity contribution is 0.456. The Kier molecular flexibility index (Phi) is 4.04. The molecule has 0 bridgehead atoms. The van der Waals surface area contributed by atoms with E-state index in [-0.39, 0.29) is 0 Å². The van der Waals surface area contributed by atoms with Crippen molar-refractivity contribution in [3.63, 3.8) is 0 Å². The van der Waals surface area contributed by atoms with Crippen molar-refractivity contribution in [2.45, 2.75) is 19.5 Å². The SMILES string of the molecule is CC=CC[SiH](C)[O]. The number of rotatable bonds is 2. The monoisotopic (exact) mass is 115 g/mol. The highest BCUT2D eigenvalue weighted by Gasteiger charge is 1.93. The second-order valence-corrected chi connectivity index (χ2v) is 3.71. The molecular formula is C5H11OSi. The van der Waals surface area contributed by atoms with Crippen molar-refractivity contribution in [2.24, 2.45) is 0 Å². The summed E-state index contributed by atoms with van der Waals surface area (Å²) in [6, 6.07) is 0.802. The maximum atomic E-state index is 10.4. The van der Waals surface area contributed by atoms with Crippen LogP contribution in [0.25, 0.3) is 0 Å². The number of hydrogen-bond acceptors (Lipinski definition) is 0. The zero-order valence-electron chi connectivity index (χ0n) is 4.85. The van der Waals surface area contributed by atoms with E-state index in [9.17, 15) is 4.80 Å². The Balaban J connectivity index is 2.97. The summed E-state index contributed by atoms with van der Waals surface area (Å²) in [5.74, 6) is 0. The minimum atomic E-state index is -1.52. The van der Waals surface area contributed by atoms with Crippen LogP contribution in [0.15, 0.2) is 12.2 Å². The van der Waals surface area contributed by atoms with Crippen LogP contribution in [0.5, 0.6) is 0 Å². The largest absolute Gasteiger partial charge is 0.302 e. The van der Waals surface area contributed by atoms with Crippen LogP contribution in [0.2, 0.25) is 12.6 Å². The predicted octanol–water partition coefficient (Wildman–Crippen LogP) is 1.35. The second-order valence-electron chi connectivity index (χ2n) is 1.62. The van der Waals surface area contributed by atoms with E-state index in [1.165, 1.54) is 0 Å². The molecule has 0 aromatic carbocycles. The first-order valence-electron chi connectivity index (χ1n) is 2.54. The Morgan fingerprint density at radius 1 is 1.71 bits per heavy atom. The Labute approximate surface area is 46.4 Å². The van der Waals surface area contributed by atoms with E-state index in [4.69, 9.17) is 0 Å². The highest BCUT2D eigenvalue weighted by Crippen LogP contribution is 1.87. The predicted molar refractivity (Wildman–Crippen MR) is 33.3 cm³/mol. The minimum Gasteiger partial charge on any atom is -0.302 e. The molecule has 7 heavy (non-hydrogen) atoms. The van der Waals surface area contributed by atoms with E-state index in [0.717, 1.165) is 6.04 Å². The van der Waals surface area contributed by atoms with Gasteiger partial charge in [0, 0.05) is 0 Å². The van der Waals surface area contributed by atoms with Crippen LogP contribution in [0.4, 0.5) is 0 Å². The minimum absolute atomic E-state index is 0.802. The van der Waals surface area contributed by atoms with Crippen LogP contribution in [0.3, 0.4) is 0 Å². The Morgan fingerprint density at radius 3 is 2.43 bits per heavy atom. The van der Waals surface area contributed by atoms with E-state index in [2.05, 4.69) is 0 Å². The molecule has 0 rings (SSSR count). The maximum Gasteiger partial charge on any atom is 0.223 e. The van der Waals surface area contributed by atoms with Gasteiger partial charge < -0.3 is 4.80 Å². The van der Waals surface area contributed by atoms with E-state index in [0.29, 0.717) is 0 Å². The zero-order chi connectivity index (χ0) is 5.70. The molecule has 2 heteroatoms. The lowest BCUT2D eigenvalue weighted by atomic mass is 10.6. The molecule has 0 amide bonds. The fraction of sp³-hybridized carbons (Fsp3) is 0.600. The smallest absolute Gasteiger partial charge is 0.223 e. The average molecular weight is 115 g/mol. The molecule has 0 spiro atoms. The fourth-order valence-electron chi connectivity index (χ4n) is 0.328. The molecule has 0 aliphatic heterocycles. The lowest BCUT2D eigenvalue weighted by Gasteiger charge is -1.86. The number of allylic oxidation sites excluding steroid dienone is 2. The summed E-state index contributed by atoms with van der Waals surface area (Å²) in [4.78, 5) is 10.4. The van der Waals surface area contributed by atoms with Gasteiger partial charge in [-0.05, 0) is 19.5 Å². The van der Waals surface area contributed by atoms with Gasteiger partial charge in [0.2, 0.25) is 9.04 Å². The molecule has 1 atom stereocenters. The van der Waals surface area contributed by atoms with Crippen LogP contribution in [0, 0.1) is 0 Å². The molecular weight excluding hydrogens is 104 g/mol. The molecule has 41 valence electrons. The molecule has 1 radical (unpaired) electrons. The fourth-order valence-corrected chi connectivity index (χ4v) is 0.983. The quantitative estimate of drug-likeness (QED) is 0.382. The molecule has 0 fully saturated rings. The normalized spacial score (nSPS) is 15.3. The van der Waals surface area contributed by atoms with Crippen LogP contribution in [0.1, 0.15) is 6.92 Å². The Hall–Kier alpha value is -0.0831. The number of hydrogen-bond donors (Lipinski definition) is 0. The highest BCUT2D eigenvalue weighted by molar-refractivity contribution is 6.48. The Bertz CT molecular complexity index is 59.1. The van der Waals surface area contributed by atoms with Gasteiger partial charge in [-0.2, -0.15) is 0 Å². The van der Waals surface area contributed by atoms with Crippen molar-refractivity contribution in [3.05, 3.63) is 12.2 Å². The average Bonchev–Trinajstić information content (AvgIpc) is 1.61. The van der Waals surface area contributed by atoms with Gasteiger partial charge in [-0.3, -0.25) is 0 Å². The van der Waals surface area contributed by atoms with Gasteiger partial charge in [0.1, 0.15) is 0 Å². The highest BCUT2D eigenvalue weighted by atomic mass is 28.3. The van der Waals surface area contributed by atoms with Gasteiger partial charge in [-0.25, -0.2) is 0 Å². The van der Waals surface area contributed by atoms with Crippen LogP contribution in [-0.4, -0.2) is 9.04 Å². The molecule has 0 aromatic rings. The first-order valence-corrected chi connectivity index (χ1v) is 4.98. The summed E-state index contributed by atoms with van der Waals surface area (Å²) >= 11 is 0. The first-order chi connectivity index (χ1) is 3.27. The van der Waals surface area contributed by atoms with E-state index in [1.807, 2.05) is 19.1 Å². The lowest BCUT2D eigenvalue weighted by Crippen LogP contribution is -1.98. The summed E-state index contributed by atoms with van der Waals surface area (Å²) in [7, 11) is -1.52. The van der Waals surface area contributed by atoms with Crippen molar-refractivity contribution < 1.29 is 4.80 Å². The van der Waals surface area contributed by atoms with Gasteiger partial charge in [0.05, 0.1) is 0 Å².